The predicted octanol–water partition coefficient (Wildman–Crippen LogP) is 4.99. The molecule has 36 heavy (non-hydrogen) atoms. The Balaban J connectivity index is 0.000000572. The van der Waals surface area contributed by atoms with Crippen LogP contribution < -0.4 is 16.0 Å². The maximum absolute atomic E-state index is 12.1. The third-order valence-electron chi connectivity index (χ3n) is 5.29. The summed E-state index contributed by atoms with van der Waals surface area (Å²) < 4.78 is 31.7. The van der Waals surface area contributed by atoms with Gasteiger partial charge in [0, 0.05) is 10.7 Å². The van der Waals surface area contributed by atoms with Gasteiger partial charge in [-0.2, -0.15) is 18.4 Å². The van der Waals surface area contributed by atoms with Crippen molar-refractivity contribution in [3.05, 3.63) is 46.9 Å². The zero-order valence-electron chi connectivity index (χ0n) is 19.2. The van der Waals surface area contributed by atoms with Crippen LogP contribution in [0.2, 0.25) is 5.02 Å². The molecule has 13 heteroatoms. The number of benzene rings is 1. The smallest absolute Gasteiger partial charge is 0.475 e. The van der Waals surface area contributed by atoms with E-state index in [1.54, 1.807) is 6.07 Å². The molecule has 4 N–H and O–H groups in total. The molecule has 2 amide bonds. The van der Waals surface area contributed by atoms with E-state index in [0.717, 1.165) is 31.0 Å². The number of aromatic nitrogens is 2. The van der Waals surface area contributed by atoms with Gasteiger partial charge in [0.1, 0.15) is 6.07 Å². The van der Waals surface area contributed by atoms with E-state index in [2.05, 4.69) is 25.9 Å². The lowest BCUT2D eigenvalue weighted by atomic mass is 9.89. The van der Waals surface area contributed by atoms with Gasteiger partial charge in [-0.3, -0.25) is 5.32 Å². The van der Waals surface area contributed by atoms with Crippen molar-refractivity contribution in [3.63, 3.8) is 0 Å². The minimum absolute atomic E-state index is 0.187. The van der Waals surface area contributed by atoms with Crippen molar-refractivity contribution in [2.45, 2.75) is 44.7 Å². The van der Waals surface area contributed by atoms with Gasteiger partial charge in [0.25, 0.3) is 0 Å². The van der Waals surface area contributed by atoms with E-state index in [0.29, 0.717) is 10.7 Å². The molecule has 0 spiro atoms. The highest BCUT2D eigenvalue weighted by Gasteiger charge is 2.38. The van der Waals surface area contributed by atoms with Gasteiger partial charge in [-0.15, -0.1) is 0 Å². The molecule has 1 fully saturated rings. The second kappa shape index (κ2) is 14.2. The fourth-order valence-corrected chi connectivity index (χ4v) is 3.75. The minimum atomic E-state index is -5.08. The number of halogens is 4. The molecule has 1 saturated carbocycles. The number of nitrogens with one attached hydrogen (secondary N) is 3. The van der Waals surface area contributed by atoms with Gasteiger partial charge >= 0.3 is 18.2 Å². The Labute approximate surface area is 211 Å². The molecule has 0 radical (unpaired) electrons. The lowest BCUT2D eigenvalue weighted by Crippen LogP contribution is -2.26. The molecule has 1 aromatic carbocycles. The molecule has 1 aromatic heterocycles. The van der Waals surface area contributed by atoms with E-state index >= 15 is 0 Å². The van der Waals surface area contributed by atoms with Crippen LogP contribution in [-0.2, 0) is 11.2 Å². The number of alkyl halides is 3. The van der Waals surface area contributed by atoms with Crippen LogP contribution in [0.5, 0.6) is 0 Å². The number of urea groups is 1. The Morgan fingerprint density at radius 3 is 2.39 bits per heavy atom. The normalized spacial score (nSPS) is 13.6. The van der Waals surface area contributed by atoms with Crippen LogP contribution in [0.25, 0.3) is 0 Å². The van der Waals surface area contributed by atoms with E-state index in [4.69, 9.17) is 26.8 Å². The molecule has 3 rings (SSSR count). The number of hydrogen-bond acceptors (Lipinski definition) is 6. The van der Waals surface area contributed by atoms with Crippen molar-refractivity contribution in [3.8, 4) is 6.07 Å². The molecule has 9 nitrogen and oxygen atoms in total. The fourth-order valence-electron chi connectivity index (χ4n) is 3.48. The van der Waals surface area contributed by atoms with E-state index in [1.165, 1.54) is 44.5 Å². The van der Waals surface area contributed by atoms with Crippen LogP contribution in [-0.4, -0.2) is 46.3 Å². The van der Waals surface area contributed by atoms with Crippen LogP contribution in [0.4, 0.5) is 29.5 Å². The summed E-state index contributed by atoms with van der Waals surface area (Å²) in [6.07, 6.45) is 5.16. The molecule has 0 atom stereocenters. The number of carbonyl (C=O) groups is 2. The monoisotopic (exact) mass is 526 g/mol. The quantitative estimate of drug-likeness (QED) is 0.372. The summed E-state index contributed by atoms with van der Waals surface area (Å²) in [6, 6.07) is 6.91. The first kappa shape index (κ1) is 28.8. The Morgan fingerprint density at radius 1 is 1.14 bits per heavy atom. The Morgan fingerprint density at radius 2 is 1.83 bits per heavy atom. The number of nitrogens with zero attached hydrogens (tertiary/aromatic N) is 3. The number of carboxylic acids is 1. The second-order valence-corrected chi connectivity index (χ2v) is 8.45. The largest absolute Gasteiger partial charge is 0.490 e. The Kier molecular flexibility index (Phi) is 11.4. The average molecular weight is 527 g/mol. The highest BCUT2D eigenvalue weighted by molar-refractivity contribution is 6.31. The summed E-state index contributed by atoms with van der Waals surface area (Å²) in [6.45, 7) is 1.97. The maximum Gasteiger partial charge on any atom is 0.490 e. The van der Waals surface area contributed by atoms with E-state index in [-0.39, 0.29) is 11.5 Å². The van der Waals surface area contributed by atoms with E-state index in [9.17, 15) is 18.0 Å². The van der Waals surface area contributed by atoms with Crippen LogP contribution in [0.3, 0.4) is 0 Å². The number of rotatable bonds is 7. The van der Waals surface area contributed by atoms with Crippen molar-refractivity contribution in [2.24, 2.45) is 5.92 Å². The molecule has 1 heterocycles. The van der Waals surface area contributed by atoms with Crippen molar-refractivity contribution in [1.82, 2.24) is 15.3 Å². The topological polar surface area (TPSA) is 140 Å². The molecule has 1 aliphatic carbocycles. The lowest BCUT2D eigenvalue weighted by molar-refractivity contribution is -0.192. The molecular formula is C23H26ClF3N6O3. The highest BCUT2D eigenvalue weighted by Crippen LogP contribution is 2.23. The first-order valence-electron chi connectivity index (χ1n) is 11.2. The summed E-state index contributed by atoms with van der Waals surface area (Å²) in [7, 11) is 0. The third-order valence-corrected chi connectivity index (χ3v) is 5.64. The summed E-state index contributed by atoms with van der Waals surface area (Å²) in [4.78, 5) is 28.8. The predicted molar refractivity (Wildman–Crippen MR) is 128 cm³/mol. The van der Waals surface area contributed by atoms with Gasteiger partial charge in [0.15, 0.2) is 11.5 Å². The standard InChI is InChI=1S/C21H25ClN6O.C2HF3O2/c22-19-10-17(27-21(29)28-20-14-25-18(11-23)13-26-20)7-6-16(19)8-9-24-12-15-4-2-1-3-5-15;3-2(4,5)1(6)7/h6-7,10,13-15,24H,1-5,8-9,12H2,(H2,26,27,28,29);(H,6,7). The summed E-state index contributed by atoms with van der Waals surface area (Å²) in [5.74, 6) is -1.69. The molecule has 0 aliphatic heterocycles. The number of carbonyl (C=O) groups excluding carboxylic acids is 1. The van der Waals surface area contributed by atoms with Gasteiger partial charge in [-0.25, -0.2) is 19.6 Å². The maximum atomic E-state index is 12.1. The highest BCUT2D eigenvalue weighted by atomic mass is 35.5. The van der Waals surface area contributed by atoms with Crippen LogP contribution in [0.1, 0.15) is 43.4 Å². The molecule has 1 aliphatic rings. The first-order valence-corrected chi connectivity index (χ1v) is 11.6. The van der Waals surface area contributed by atoms with Crippen molar-refractivity contribution < 1.29 is 27.9 Å². The lowest BCUT2D eigenvalue weighted by Gasteiger charge is -2.21. The molecule has 0 saturated heterocycles. The zero-order valence-corrected chi connectivity index (χ0v) is 20.0. The van der Waals surface area contributed by atoms with Gasteiger partial charge in [-0.05, 0) is 56.0 Å². The summed E-state index contributed by atoms with van der Waals surface area (Å²) in [5.41, 5.74) is 1.83. The van der Waals surface area contributed by atoms with Crippen molar-refractivity contribution in [2.75, 3.05) is 23.7 Å². The van der Waals surface area contributed by atoms with Crippen LogP contribution >= 0.6 is 11.6 Å². The number of amides is 2. The summed E-state index contributed by atoms with van der Waals surface area (Å²) >= 11 is 6.38. The molecule has 0 bridgehead atoms. The van der Waals surface area contributed by atoms with Crippen LogP contribution in [0, 0.1) is 17.2 Å². The zero-order chi connectivity index (χ0) is 26.6. The average Bonchev–Trinajstić information content (AvgIpc) is 2.84. The first-order chi connectivity index (χ1) is 17.1. The van der Waals surface area contributed by atoms with Gasteiger partial charge in [0.2, 0.25) is 0 Å². The molecule has 0 unspecified atom stereocenters. The van der Waals surface area contributed by atoms with Gasteiger partial charge in [0.05, 0.1) is 12.4 Å². The fraction of sp³-hybridized carbons (Fsp3) is 0.435. The molecular weight excluding hydrogens is 501 g/mol. The third kappa shape index (κ3) is 10.5. The number of hydrogen-bond donors (Lipinski definition) is 4. The SMILES string of the molecule is N#Cc1cnc(NC(=O)Nc2ccc(CCNCC3CCCCC3)c(Cl)c2)cn1.O=C(O)C(F)(F)F. The minimum Gasteiger partial charge on any atom is -0.475 e. The van der Waals surface area contributed by atoms with E-state index < -0.39 is 18.2 Å². The van der Waals surface area contributed by atoms with E-state index in [1.807, 2.05) is 18.2 Å². The number of aliphatic carboxylic acids is 1. The Hall–Kier alpha value is -3.43. The van der Waals surface area contributed by atoms with Gasteiger partial charge in [-0.1, -0.05) is 36.9 Å². The second-order valence-electron chi connectivity index (χ2n) is 8.05. The van der Waals surface area contributed by atoms with Gasteiger partial charge < -0.3 is 15.7 Å². The molecule has 2 aromatic rings. The number of anilines is 2. The molecule has 194 valence electrons. The van der Waals surface area contributed by atoms with Crippen molar-refractivity contribution >= 4 is 35.1 Å². The summed E-state index contributed by atoms with van der Waals surface area (Å²) in [5, 5.41) is 25.3. The Bertz CT molecular complexity index is 1050. The number of nitriles is 1. The number of carboxylic acid groups (broad SMARTS) is 1. The van der Waals surface area contributed by atoms with Crippen molar-refractivity contribution in [1.29, 1.82) is 5.26 Å². The van der Waals surface area contributed by atoms with Crippen LogP contribution in [0.15, 0.2) is 30.6 Å².